The molecule has 1 aromatic heterocycles. The molecule has 0 amide bonds. The minimum absolute atomic E-state index is 0.156. The van der Waals surface area contributed by atoms with Crippen LogP contribution in [0.5, 0.6) is 0 Å². The Labute approximate surface area is 117 Å². The fourth-order valence-corrected chi connectivity index (χ4v) is 1.99. The minimum atomic E-state index is -0.676. The van der Waals surface area contributed by atoms with E-state index in [0.29, 0.717) is 26.1 Å². The van der Waals surface area contributed by atoms with E-state index < -0.39 is 11.6 Å². The summed E-state index contributed by atoms with van der Waals surface area (Å²) in [5, 5.41) is 0. The van der Waals surface area contributed by atoms with Crippen molar-refractivity contribution in [2.75, 3.05) is 18.0 Å². The van der Waals surface area contributed by atoms with Crippen LogP contribution < -0.4 is 10.6 Å². The van der Waals surface area contributed by atoms with Crippen LogP contribution in [0.2, 0.25) is 0 Å². The molecule has 0 fully saturated rings. The lowest BCUT2D eigenvalue weighted by atomic mass is 10.2. The topological polar surface area (TPSA) is 42.1 Å². The SMILES string of the molecule is NCCCN(Cc1ccccc1)c1ncc(F)cc1F. The van der Waals surface area contributed by atoms with Crippen molar-refractivity contribution in [1.82, 2.24) is 4.98 Å². The Morgan fingerprint density at radius 2 is 1.90 bits per heavy atom. The van der Waals surface area contributed by atoms with Crippen molar-refractivity contribution in [3.05, 3.63) is 59.8 Å². The molecular formula is C15H17F2N3. The summed E-state index contributed by atoms with van der Waals surface area (Å²) >= 11 is 0. The number of hydrogen-bond acceptors (Lipinski definition) is 3. The normalized spacial score (nSPS) is 10.6. The fraction of sp³-hybridized carbons (Fsp3) is 0.267. The summed E-state index contributed by atoms with van der Waals surface area (Å²) in [6.07, 6.45) is 1.74. The molecule has 106 valence electrons. The van der Waals surface area contributed by atoms with Crippen molar-refractivity contribution in [2.24, 2.45) is 5.73 Å². The first-order chi connectivity index (χ1) is 9.70. The van der Waals surface area contributed by atoms with E-state index in [1.807, 2.05) is 30.3 Å². The lowest BCUT2D eigenvalue weighted by Crippen LogP contribution is -2.27. The number of nitrogens with zero attached hydrogens (tertiary/aromatic N) is 2. The lowest BCUT2D eigenvalue weighted by molar-refractivity contribution is 0.564. The van der Waals surface area contributed by atoms with Crippen LogP contribution >= 0.6 is 0 Å². The average Bonchev–Trinajstić information content (AvgIpc) is 2.45. The first kappa shape index (κ1) is 14.4. The Bertz CT molecular complexity index is 546. The molecule has 2 aromatic rings. The van der Waals surface area contributed by atoms with Crippen LogP contribution in [0, 0.1) is 11.6 Å². The van der Waals surface area contributed by atoms with Crippen LogP contribution in [-0.4, -0.2) is 18.1 Å². The summed E-state index contributed by atoms with van der Waals surface area (Å²) in [7, 11) is 0. The van der Waals surface area contributed by atoms with Crippen molar-refractivity contribution in [3.63, 3.8) is 0 Å². The molecule has 0 radical (unpaired) electrons. The lowest BCUT2D eigenvalue weighted by Gasteiger charge is -2.24. The van der Waals surface area contributed by atoms with Crippen LogP contribution in [0.3, 0.4) is 0 Å². The van der Waals surface area contributed by atoms with Gasteiger partial charge in [0, 0.05) is 19.2 Å². The number of aromatic nitrogens is 1. The monoisotopic (exact) mass is 277 g/mol. The number of pyridine rings is 1. The molecule has 2 N–H and O–H groups in total. The van der Waals surface area contributed by atoms with E-state index in [2.05, 4.69) is 4.98 Å². The Morgan fingerprint density at radius 1 is 1.15 bits per heavy atom. The van der Waals surface area contributed by atoms with Crippen LogP contribution in [0.1, 0.15) is 12.0 Å². The smallest absolute Gasteiger partial charge is 0.168 e. The van der Waals surface area contributed by atoms with Gasteiger partial charge in [0.1, 0.15) is 5.82 Å². The van der Waals surface area contributed by atoms with Gasteiger partial charge in [-0.05, 0) is 18.5 Å². The number of anilines is 1. The average molecular weight is 277 g/mol. The van der Waals surface area contributed by atoms with Crippen LogP contribution in [0.15, 0.2) is 42.6 Å². The van der Waals surface area contributed by atoms with Gasteiger partial charge in [-0.25, -0.2) is 13.8 Å². The number of nitrogens with two attached hydrogens (primary N) is 1. The van der Waals surface area contributed by atoms with E-state index in [9.17, 15) is 8.78 Å². The highest BCUT2D eigenvalue weighted by Crippen LogP contribution is 2.19. The second kappa shape index (κ2) is 6.96. The van der Waals surface area contributed by atoms with Gasteiger partial charge >= 0.3 is 0 Å². The van der Waals surface area contributed by atoms with Gasteiger partial charge in [0.2, 0.25) is 0 Å². The third-order valence-electron chi connectivity index (χ3n) is 2.94. The van der Waals surface area contributed by atoms with Crippen molar-refractivity contribution < 1.29 is 8.78 Å². The van der Waals surface area contributed by atoms with Gasteiger partial charge in [-0.1, -0.05) is 30.3 Å². The highest BCUT2D eigenvalue weighted by molar-refractivity contribution is 5.41. The van der Waals surface area contributed by atoms with Crippen molar-refractivity contribution in [2.45, 2.75) is 13.0 Å². The summed E-state index contributed by atoms with van der Waals surface area (Å²) in [4.78, 5) is 5.64. The quantitative estimate of drug-likeness (QED) is 0.882. The van der Waals surface area contributed by atoms with E-state index in [-0.39, 0.29) is 5.82 Å². The maximum atomic E-state index is 13.9. The highest BCUT2D eigenvalue weighted by Gasteiger charge is 2.14. The minimum Gasteiger partial charge on any atom is -0.350 e. The van der Waals surface area contributed by atoms with Gasteiger partial charge in [0.25, 0.3) is 0 Å². The molecule has 0 atom stereocenters. The molecule has 0 spiro atoms. The third-order valence-corrected chi connectivity index (χ3v) is 2.94. The molecular weight excluding hydrogens is 260 g/mol. The van der Waals surface area contributed by atoms with Gasteiger partial charge in [0.05, 0.1) is 6.20 Å². The summed E-state index contributed by atoms with van der Waals surface area (Å²) in [6, 6.07) is 10.5. The number of halogens is 2. The molecule has 1 aromatic carbocycles. The standard InChI is InChI=1S/C15H17F2N3/c16-13-9-14(17)15(19-10-13)20(8-4-7-18)11-12-5-2-1-3-6-12/h1-3,5-6,9-10H,4,7-8,11,18H2. The number of hydrogen-bond donors (Lipinski definition) is 1. The zero-order valence-corrected chi connectivity index (χ0v) is 11.1. The van der Waals surface area contributed by atoms with E-state index in [1.54, 1.807) is 4.90 Å². The van der Waals surface area contributed by atoms with Gasteiger partial charge in [0.15, 0.2) is 11.6 Å². The molecule has 5 heteroatoms. The number of rotatable bonds is 6. The fourth-order valence-electron chi connectivity index (χ4n) is 1.99. The molecule has 0 bridgehead atoms. The van der Waals surface area contributed by atoms with Crippen molar-refractivity contribution in [3.8, 4) is 0 Å². The first-order valence-electron chi connectivity index (χ1n) is 6.50. The molecule has 0 aliphatic carbocycles. The van der Waals surface area contributed by atoms with E-state index >= 15 is 0 Å². The van der Waals surface area contributed by atoms with Crippen molar-refractivity contribution in [1.29, 1.82) is 0 Å². The van der Waals surface area contributed by atoms with E-state index in [1.165, 1.54) is 0 Å². The zero-order chi connectivity index (χ0) is 14.4. The summed E-state index contributed by atoms with van der Waals surface area (Å²) < 4.78 is 26.8. The van der Waals surface area contributed by atoms with Crippen molar-refractivity contribution >= 4 is 5.82 Å². The molecule has 3 nitrogen and oxygen atoms in total. The second-order valence-electron chi connectivity index (χ2n) is 4.51. The van der Waals surface area contributed by atoms with E-state index in [0.717, 1.165) is 17.8 Å². The zero-order valence-electron chi connectivity index (χ0n) is 11.1. The molecule has 0 saturated carbocycles. The molecule has 0 aliphatic heterocycles. The number of benzene rings is 1. The Kier molecular flexibility index (Phi) is 5.01. The van der Waals surface area contributed by atoms with Crippen LogP contribution in [0.25, 0.3) is 0 Å². The molecule has 20 heavy (non-hydrogen) atoms. The van der Waals surface area contributed by atoms with Gasteiger partial charge in [-0.2, -0.15) is 0 Å². The summed E-state index contributed by atoms with van der Waals surface area (Å²) in [5.74, 6) is -1.17. The highest BCUT2D eigenvalue weighted by atomic mass is 19.1. The molecule has 0 saturated heterocycles. The Morgan fingerprint density at radius 3 is 2.55 bits per heavy atom. The van der Waals surface area contributed by atoms with Gasteiger partial charge in [-0.3, -0.25) is 0 Å². The first-order valence-corrected chi connectivity index (χ1v) is 6.50. The predicted octanol–water partition coefficient (Wildman–Crippen LogP) is 2.72. The Balaban J connectivity index is 2.22. The molecule has 2 rings (SSSR count). The maximum Gasteiger partial charge on any atom is 0.168 e. The third kappa shape index (κ3) is 3.74. The Hall–Kier alpha value is -2.01. The second-order valence-corrected chi connectivity index (χ2v) is 4.51. The summed E-state index contributed by atoms with van der Waals surface area (Å²) in [6.45, 7) is 1.59. The van der Waals surface area contributed by atoms with Gasteiger partial charge in [-0.15, -0.1) is 0 Å². The molecule has 0 aliphatic rings. The van der Waals surface area contributed by atoms with Crippen LogP contribution in [0.4, 0.5) is 14.6 Å². The largest absolute Gasteiger partial charge is 0.350 e. The summed E-state index contributed by atoms with van der Waals surface area (Å²) in [5.41, 5.74) is 6.55. The van der Waals surface area contributed by atoms with Crippen LogP contribution in [-0.2, 0) is 6.54 Å². The predicted molar refractivity (Wildman–Crippen MR) is 75.3 cm³/mol. The van der Waals surface area contributed by atoms with Gasteiger partial charge < -0.3 is 10.6 Å². The maximum absolute atomic E-state index is 13.9. The molecule has 0 unspecified atom stereocenters. The van der Waals surface area contributed by atoms with E-state index in [4.69, 9.17) is 5.73 Å². The molecule has 1 heterocycles.